The van der Waals surface area contributed by atoms with Gasteiger partial charge in [-0.05, 0) is 24.6 Å². The third kappa shape index (κ3) is 2.16. The first-order valence-corrected chi connectivity index (χ1v) is 4.24. The fourth-order valence-electron chi connectivity index (χ4n) is 0.874. The molecule has 0 bridgehead atoms. The maximum absolute atomic E-state index is 5.91. The van der Waals surface area contributed by atoms with Gasteiger partial charge in [0.05, 0.1) is 5.03 Å². The minimum Gasteiger partial charge on any atom is -0.399 e. The third-order valence-electron chi connectivity index (χ3n) is 1.44. The Kier molecular flexibility index (Phi) is 3.01. The van der Waals surface area contributed by atoms with Crippen LogP contribution in [0, 0.1) is 0 Å². The Hall–Kier alpha value is -0.660. The summed E-state index contributed by atoms with van der Waals surface area (Å²) in [6.07, 6.45) is 0. The van der Waals surface area contributed by atoms with Crippen molar-refractivity contribution in [1.29, 1.82) is 0 Å². The average molecular weight is 202 g/mol. The Morgan fingerprint density at radius 2 is 2.00 bits per heavy atom. The highest BCUT2D eigenvalue weighted by molar-refractivity contribution is 6.54. The minimum atomic E-state index is 0.545. The molecule has 0 aliphatic heterocycles. The van der Waals surface area contributed by atoms with Crippen molar-refractivity contribution < 1.29 is 0 Å². The Morgan fingerprint density at radius 1 is 1.33 bits per heavy atom. The number of anilines is 1. The van der Waals surface area contributed by atoms with Crippen LogP contribution in [0.5, 0.6) is 0 Å². The smallest absolute Gasteiger partial charge is 0.0621 e. The van der Waals surface area contributed by atoms with Gasteiger partial charge in [-0.2, -0.15) is 0 Å². The first kappa shape index (κ1) is 9.43. The maximum Gasteiger partial charge on any atom is 0.0621 e. The molecule has 0 saturated heterocycles. The van der Waals surface area contributed by atoms with Gasteiger partial charge in [0.15, 0.2) is 0 Å². The number of hydrogen-bond donors (Lipinski definition) is 1. The van der Waals surface area contributed by atoms with E-state index in [1.807, 2.05) is 12.1 Å². The molecule has 0 saturated carbocycles. The molecule has 0 aromatic heterocycles. The van der Waals surface area contributed by atoms with E-state index in [2.05, 4.69) is 0 Å². The topological polar surface area (TPSA) is 26.0 Å². The molecule has 0 aliphatic rings. The van der Waals surface area contributed by atoms with Gasteiger partial charge in [0.1, 0.15) is 0 Å². The van der Waals surface area contributed by atoms with Gasteiger partial charge in [-0.15, -0.1) is 0 Å². The van der Waals surface area contributed by atoms with Crippen molar-refractivity contribution in [3.63, 3.8) is 0 Å². The molecule has 0 amide bonds. The SMILES string of the molecule is CC(Cl)=C(Cl)c1cccc(N)c1. The monoisotopic (exact) mass is 201 g/mol. The second-order valence-electron chi connectivity index (χ2n) is 2.47. The summed E-state index contributed by atoms with van der Waals surface area (Å²) in [4.78, 5) is 0. The molecule has 1 aromatic rings. The van der Waals surface area contributed by atoms with Gasteiger partial charge in [-0.3, -0.25) is 0 Å². The Bertz CT molecular complexity index is 314. The quantitative estimate of drug-likeness (QED) is 0.693. The lowest BCUT2D eigenvalue weighted by Gasteiger charge is -2.00. The summed E-state index contributed by atoms with van der Waals surface area (Å²) < 4.78 is 0. The van der Waals surface area contributed by atoms with Crippen molar-refractivity contribution >= 4 is 33.9 Å². The molecule has 0 fully saturated rings. The van der Waals surface area contributed by atoms with Crippen molar-refractivity contribution in [2.75, 3.05) is 5.73 Å². The summed E-state index contributed by atoms with van der Waals surface area (Å²) in [5.74, 6) is 0. The molecule has 2 N–H and O–H groups in total. The first-order chi connectivity index (χ1) is 5.61. The van der Waals surface area contributed by atoms with E-state index < -0.39 is 0 Å². The molecular weight excluding hydrogens is 193 g/mol. The van der Waals surface area contributed by atoms with Gasteiger partial charge in [0.2, 0.25) is 0 Å². The summed E-state index contributed by atoms with van der Waals surface area (Å²) in [6, 6.07) is 7.29. The van der Waals surface area contributed by atoms with Gasteiger partial charge >= 0.3 is 0 Å². The van der Waals surface area contributed by atoms with Crippen molar-refractivity contribution in [2.45, 2.75) is 6.92 Å². The number of rotatable bonds is 1. The Balaban J connectivity index is 3.13. The van der Waals surface area contributed by atoms with E-state index in [-0.39, 0.29) is 0 Å². The predicted molar refractivity (Wildman–Crippen MR) is 55.2 cm³/mol. The molecule has 0 heterocycles. The fourth-order valence-corrected chi connectivity index (χ4v) is 1.10. The highest BCUT2D eigenvalue weighted by atomic mass is 35.5. The van der Waals surface area contributed by atoms with Crippen LogP contribution >= 0.6 is 23.2 Å². The first-order valence-electron chi connectivity index (χ1n) is 3.49. The highest BCUT2D eigenvalue weighted by Crippen LogP contribution is 2.25. The summed E-state index contributed by atoms with van der Waals surface area (Å²) in [6.45, 7) is 1.74. The van der Waals surface area contributed by atoms with Crippen LogP contribution in [0.2, 0.25) is 0 Å². The van der Waals surface area contributed by atoms with Gasteiger partial charge in [0, 0.05) is 10.7 Å². The summed E-state index contributed by atoms with van der Waals surface area (Å²) in [5.41, 5.74) is 7.11. The Labute approximate surface area is 81.8 Å². The number of benzene rings is 1. The van der Waals surface area contributed by atoms with Gasteiger partial charge in [-0.25, -0.2) is 0 Å². The molecule has 0 unspecified atom stereocenters. The van der Waals surface area contributed by atoms with Crippen LogP contribution in [-0.4, -0.2) is 0 Å². The van der Waals surface area contributed by atoms with E-state index in [4.69, 9.17) is 28.9 Å². The number of nitrogen functional groups attached to an aromatic ring is 1. The molecule has 12 heavy (non-hydrogen) atoms. The van der Waals surface area contributed by atoms with E-state index in [0.717, 1.165) is 5.56 Å². The standard InChI is InChI=1S/C9H9Cl2N/c1-6(10)9(11)7-3-2-4-8(12)5-7/h2-5H,12H2,1H3. The predicted octanol–water partition coefficient (Wildman–Crippen LogP) is 3.43. The lowest BCUT2D eigenvalue weighted by molar-refractivity contribution is 1.60. The van der Waals surface area contributed by atoms with Crippen LogP contribution in [0.1, 0.15) is 12.5 Å². The zero-order valence-corrected chi connectivity index (χ0v) is 8.15. The molecule has 3 heteroatoms. The third-order valence-corrected chi connectivity index (χ3v) is 2.23. The van der Waals surface area contributed by atoms with Crippen LogP contribution in [0.15, 0.2) is 29.3 Å². The number of halogens is 2. The second kappa shape index (κ2) is 3.83. The molecular formula is C9H9Cl2N. The van der Waals surface area contributed by atoms with Crippen LogP contribution in [-0.2, 0) is 0 Å². The van der Waals surface area contributed by atoms with Crippen LogP contribution in [0.4, 0.5) is 5.69 Å². The van der Waals surface area contributed by atoms with E-state index in [9.17, 15) is 0 Å². The average Bonchev–Trinajstić information content (AvgIpc) is 2.03. The fraction of sp³-hybridized carbons (Fsp3) is 0.111. The highest BCUT2D eigenvalue weighted by Gasteiger charge is 2.00. The van der Waals surface area contributed by atoms with Crippen LogP contribution in [0.3, 0.4) is 0 Å². The Morgan fingerprint density at radius 3 is 2.50 bits per heavy atom. The normalized spacial score (nSPS) is 12.6. The zero-order chi connectivity index (χ0) is 9.14. The van der Waals surface area contributed by atoms with Gasteiger partial charge < -0.3 is 5.73 Å². The summed E-state index contributed by atoms with van der Waals surface area (Å²) in [5, 5.41) is 1.12. The van der Waals surface area contributed by atoms with Crippen molar-refractivity contribution in [3.8, 4) is 0 Å². The zero-order valence-electron chi connectivity index (χ0n) is 6.64. The molecule has 1 aromatic carbocycles. The molecule has 1 nitrogen and oxygen atoms in total. The van der Waals surface area contributed by atoms with Gasteiger partial charge in [-0.1, -0.05) is 35.3 Å². The molecule has 0 radical (unpaired) electrons. The van der Waals surface area contributed by atoms with E-state index in [1.54, 1.807) is 19.1 Å². The maximum atomic E-state index is 5.91. The molecule has 0 spiro atoms. The summed E-state index contributed by atoms with van der Waals surface area (Å²) in [7, 11) is 0. The second-order valence-corrected chi connectivity index (χ2v) is 3.42. The largest absolute Gasteiger partial charge is 0.399 e. The number of nitrogens with two attached hydrogens (primary N) is 1. The van der Waals surface area contributed by atoms with E-state index in [0.29, 0.717) is 15.8 Å². The number of allylic oxidation sites excluding steroid dienone is 1. The van der Waals surface area contributed by atoms with Gasteiger partial charge in [0.25, 0.3) is 0 Å². The molecule has 0 aliphatic carbocycles. The van der Waals surface area contributed by atoms with Crippen LogP contribution in [0.25, 0.3) is 5.03 Å². The number of hydrogen-bond acceptors (Lipinski definition) is 1. The summed E-state index contributed by atoms with van der Waals surface area (Å²) >= 11 is 11.6. The van der Waals surface area contributed by atoms with Crippen LogP contribution < -0.4 is 5.73 Å². The van der Waals surface area contributed by atoms with Crippen molar-refractivity contribution in [1.82, 2.24) is 0 Å². The molecule has 1 rings (SSSR count). The molecule has 64 valence electrons. The van der Waals surface area contributed by atoms with E-state index in [1.165, 1.54) is 0 Å². The lowest BCUT2D eigenvalue weighted by atomic mass is 10.2. The lowest BCUT2D eigenvalue weighted by Crippen LogP contribution is -1.85. The van der Waals surface area contributed by atoms with Crippen molar-refractivity contribution in [3.05, 3.63) is 34.9 Å². The molecule has 0 atom stereocenters. The minimum absolute atomic E-state index is 0.545. The van der Waals surface area contributed by atoms with E-state index >= 15 is 0 Å². The van der Waals surface area contributed by atoms with Crippen molar-refractivity contribution in [2.24, 2.45) is 0 Å².